The van der Waals surface area contributed by atoms with Gasteiger partial charge in [-0.1, -0.05) is 92.6 Å². The van der Waals surface area contributed by atoms with Gasteiger partial charge in [0.15, 0.2) is 0 Å². The van der Waals surface area contributed by atoms with Crippen molar-refractivity contribution >= 4 is 17.5 Å². The zero-order valence-corrected chi connectivity index (χ0v) is 21.0. The van der Waals surface area contributed by atoms with E-state index in [1.807, 2.05) is 60.7 Å². The Morgan fingerprint density at radius 1 is 0.865 bits per heavy atom. The van der Waals surface area contributed by atoms with Crippen LogP contribution in [0.2, 0.25) is 0 Å². The van der Waals surface area contributed by atoms with Crippen LogP contribution < -0.4 is 10.6 Å². The molecule has 0 unspecified atom stereocenters. The van der Waals surface area contributed by atoms with Gasteiger partial charge in [-0.2, -0.15) is 0 Å². The summed E-state index contributed by atoms with van der Waals surface area (Å²) in [5.74, 6) is -0.709. The summed E-state index contributed by atoms with van der Waals surface area (Å²) in [5, 5.41) is 17.3. The Labute approximate surface area is 217 Å². The van der Waals surface area contributed by atoms with Crippen LogP contribution in [0.3, 0.4) is 0 Å². The van der Waals surface area contributed by atoms with Crippen LogP contribution >= 0.6 is 0 Å². The van der Waals surface area contributed by atoms with Crippen molar-refractivity contribution in [1.82, 2.24) is 10.6 Å². The second kappa shape index (κ2) is 12.3. The molecule has 0 radical (unpaired) electrons. The fraction of sp³-hybridized carbons (Fsp3) is 0.333. The largest absolute Gasteiger partial charge is 0.351 e. The molecule has 1 aliphatic rings. The number of nitro benzene ring substituents is 1. The molecule has 192 valence electrons. The fourth-order valence-electron chi connectivity index (χ4n) is 5.05. The number of hydrogen-bond donors (Lipinski definition) is 2. The molecule has 0 aliphatic heterocycles. The predicted octanol–water partition coefficient (Wildman–Crippen LogP) is 5.15. The molecule has 0 heterocycles. The first-order valence-corrected chi connectivity index (χ1v) is 12.9. The van der Waals surface area contributed by atoms with Gasteiger partial charge in [-0.05, 0) is 35.4 Å². The standard InChI is InChI=1S/C30H33N3O4/c1-21-10-8-9-15-26(21)31-29(34)27(20-22-16-18-25(19-17-22)33(36)37)32-30(35)28(23-11-4-2-5-12-23)24-13-6-3-7-14-24/h2-7,11-14,16-19,21,26-28H,8-10,15,20H2,1H3,(H,31,34)(H,32,35)/t21-,26+,27+/m1/s1. The van der Waals surface area contributed by atoms with Crippen molar-refractivity contribution in [3.63, 3.8) is 0 Å². The van der Waals surface area contributed by atoms with Crippen molar-refractivity contribution in [2.24, 2.45) is 5.92 Å². The minimum absolute atomic E-state index is 0.0157. The molecule has 3 aromatic carbocycles. The lowest BCUT2D eigenvalue weighted by Crippen LogP contribution is -2.53. The second-order valence-electron chi connectivity index (χ2n) is 9.82. The van der Waals surface area contributed by atoms with Crippen LogP contribution in [0, 0.1) is 16.0 Å². The Balaban J connectivity index is 1.60. The number of amides is 2. The zero-order chi connectivity index (χ0) is 26.2. The maximum absolute atomic E-state index is 13.8. The van der Waals surface area contributed by atoms with E-state index in [0.29, 0.717) is 5.92 Å². The molecule has 37 heavy (non-hydrogen) atoms. The molecule has 0 saturated heterocycles. The summed E-state index contributed by atoms with van der Waals surface area (Å²) in [6.45, 7) is 2.15. The summed E-state index contributed by atoms with van der Waals surface area (Å²) in [4.78, 5) is 37.9. The smallest absolute Gasteiger partial charge is 0.269 e. The van der Waals surface area contributed by atoms with E-state index >= 15 is 0 Å². The summed E-state index contributed by atoms with van der Waals surface area (Å²) in [5.41, 5.74) is 2.39. The number of non-ortho nitro benzene ring substituents is 1. The molecule has 0 spiro atoms. The third-order valence-electron chi connectivity index (χ3n) is 7.19. The number of benzene rings is 3. The van der Waals surface area contributed by atoms with Crippen molar-refractivity contribution in [3.05, 3.63) is 112 Å². The van der Waals surface area contributed by atoms with Crippen LogP contribution in [0.1, 0.15) is 55.2 Å². The minimum Gasteiger partial charge on any atom is -0.351 e. The van der Waals surface area contributed by atoms with E-state index in [1.54, 1.807) is 12.1 Å². The highest BCUT2D eigenvalue weighted by atomic mass is 16.6. The molecule has 1 fully saturated rings. The lowest BCUT2D eigenvalue weighted by molar-refractivity contribution is -0.384. The molecule has 2 amide bonds. The SMILES string of the molecule is C[C@@H]1CCCC[C@@H]1NC(=O)[C@H](Cc1ccc([N+](=O)[O-])cc1)NC(=O)C(c1ccccc1)c1ccccc1. The van der Waals surface area contributed by atoms with E-state index in [1.165, 1.54) is 12.1 Å². The van der Waals surface area contributed by atoms with E-state index in [2.05, 4.69) is 17.6 Å². The van der Waals surface area contributed by atoms with Crippen molar-refractivity contribution < 1.29 is 14.5 Å². The maximum Gasteiger partial charge on any atom is 0.269 e. The first-order valence-electron chi connectivity index (χ1n) is 12.9. The highest BCUT2D eigenvalue weighted by Crippen LogP contribution is 2.26. The summed E-state index contributed by atoms with van der Waals surface area (Å²) in [6.07, 6.45) is 4.44. The van der Waals surface area contributed by atoms with Gasteiger partial charge in [0.05, 0.1) is 10.8 Å². The van der Waals surface area contributed by atoms with Crippen LogP contribution in [0.25, 0.3) is 0 Å². The van der Waals surface area contributed by atoms with Gasteiger partial charge in [-0.25, -0.2) is 0 Å². The van der Waals surface area contributed by atoms with Crippen LogP contribution in [0.5, 0.6) is 0 Å². The lowest BCUT2D eigenvalue weighted by atomic mass is 9.85. The third-order valence-corrected chi connectivity index (χ3v) is 7.19. The third kappa shape index (κ3) is 6.82. The summed E-state index contributed by atoms with van der Waals surface area (Å²) in [7, 11) is 0. The van der Waals surface area contributed by atoms with Gasteiger partial charge in [-0.3, -0.25) is 19.7 Å². The summed E-state index contributed by atoms with van der Waals surface area (Å²) < 4.78 is 0. The van der Waals surface area contributed by atoms with Crippen molar-refractivity contribution in [2.45, 2.75) is 57.0 Å². The van der Waals surface area contributed by atoms with Crippen LogP contribution in [0.15, 0.2) is 84.9 Å². The highest BCUT2D eigenvalue weighted by molar-refractivity contribution is 5.92. The minimum atomic E-state index is -0.821. The molecule has 7 nitrogen and oxygen atoms in total. The normalized spacial score (nSPS) is 18.1. The van der Waals surface area contributed by atoms with E-state index < -0.39 is 16.9 Å². The Bertz CT molecular complexity index is 1160. The fourth-order valence-corrected chi connectivity index (χ4v) is 5.05. The van der Waals surface area contributed by atoms with Crippen LogP contribution in [-0.4, -0.2) is 28.8 Å². The Kier molecular flexibility index (Phi) is 8.67. The molecule has 3 atom stereocenters. The number of hydrogen-bond acceptors (Lipinski definition) is 4. The zero-order valence-electron chi connectivity index (χ0n) is 21.0. The van der Waals surface area contributed by atoms with E-state index in [0.717, 1.165) is 42.4 Å². The van der Waals surface area contributed by atoms with Crippen molar-refractivity contribution in [2.75, 3.05) is 0 Å². The van der Waals surface area contributed by atoms with Crippen LogP contribution in [-0.2, 0) is 16.0 Å². The van der Waals surface area contributed by atoms with Crippen molar-refractivity contribution in [3.8, 4) is 0 Å². The van der Waals surface area contributed by atoms with Gasteiger partial charge in [-0.15, -0.1) is 0 Å². The Morgan fingerprint density at radius 3 is 1.97 bits per heavy atom. The molecule has 3 aromatic rings. The molecule has 2 N–H and O–H groups in total. The van der Waals surface area contributed by atoms with E-state index in [4.69, 9.17) is 0 Å². The molecule has 7 heteroatoms. The molecule has 0 aromatic heterocycles. The number of nitro groups is 1. The van der Waals surface area contributed by atoms with E-state index in [9.17, 15) is 19.7 Å². The molecule has 4 rings (SSSR count). The Hall–Kier alpha value is -4.00. The first-order chi connectivity index (χ1) is 17.9. The topological polar surface area (TPSA) is 101 Å². The highest BCUT2D eigenvalue weighted by Gasteiger charge is 2.31. The average Bonchev–Trinajstić information content (AvgIpc) is 2.91. The Morgan fingerprint density at radius 2 is 1.43 bits per heavy atom. The summed E-state index contributed by atoms with van der Waals surface area (Å²) >= 11 is 0. The van der Waals surface area contributed by atoms with E-state index in [-0.39, 0.29) is 30.0 Å². The predicted molar refractivity (Wildman–Crippen MR) is 143 cm³/mol. The molecular formula is C30H33N3O4. The van der Waals surface area contributed by atoms with Gasteiger partial charge < -0.3 is 10.6 Å². The van der Waals surface area contributed by atoms with Gasteiger partial charge in [0, 0.05) is 24.6 Å². The monoisotopic (exact) mass is 499 g/mol. The average molecular weight is 500 g/mol. The summed E-state index contributed by atoms with van der Waals surface area (Å²) in [6, 6.07) is 24.4. The molecular weight excluding hydrogens is 466 g/mol. The molecule has 1 aliphatic carbocycles. The second-order valence-corrected chi connectivity index (χ2v) is 9.82. The van der Waals surface area contributed by atoms with Crippen molar-refractivity contribution in [1.29, 1.82) is 0 Å². The van der Waals surface area contributed by atoms with Gasteiger partial charge in [0.2, 0.25) is 11.8 Å². The lowest BCUT2D eigenvalue weighted by Gasteiger charge is -2.31. The first kappa shape index (κ1) is 26.1. The maximum atomic E-state index is 13.8. The van der Waals surface area contributed by atoms with Gasteiger partial charge >= 0.3 is 0 Å². The number of nitrogens with zero attached hydrogens (tertiary/aromatic N) is 1. The quantitative estimate of drug-likeness (QED) is 0.314. The van der Waals surface area contributed by atoms with Gasteiger partial charge in [0.1, 0.15) is 6.04 Å². The van der Waals surface area contributed by atoms with Gasteiger partial charge in [0.25, 0.3) is 5.69 Å². The number of carbonyl (C=O) groups excluding carboxylic acids is 2. The number of carbonyl (C=O) groups is 2. The molecule has 1 saturated carbocycles. The number of rotatable bonds is 9. The molecule has 0 bridgehead atoms. The van der Waals surface area contributed by atoms with Crippen LogP contribution in [0.4, 0.5) is 5.69 Å². The number of nitrogens with one attached hydrogen (secondary N) is 2.